The molecule has 0 heteroatoms. The van der Waals surface area contributed by atoms with E-state index < -0.39 is 0 Å². The summed E-state index contributed by atoms with van der Waals surface area (Å²) in [6.45, 7) is 0. The normalized spacial score (nSPS) is 11.8. The largest absolute Gasteiger partial charge is 0.0622 e. The second-order valence-corrected chi connectivity index (χ2v) is 25.6. The van der Waals surface area contributed by atoms with E-state index in [1.807, 2.05) is 0 Å². The molecule has 0 nitrogen and oxygen atoms in total. The lowest BCUT2D eigenvalue weighted by molar-refractivity contribution is 1.57. The average molecular weight is 1210 g/mol. The highest BCUT2D eigenvalue weighted by Crippen LogP contribution is 2.61. The number of fused-ring (bicyclic) bond motifs is 7. The zero-order valence-electron chi connectivity index (χ0n) is 52.6. The van der Waals surface area contributed by atoms with Crippen LogP contribution in [-0.4, -0.2) is 0 Å². The zero-order valence-corrected chi connectivity index (χ0v) is 52.6. The van der Waals surface area contributed by atoms with Crippen molar-refractivity contribution >= 4 is 32.3 Å². The van der Waals surface area contributed by atoms with Crippen LogP contribution in [0, 0.1) is 0 Å². The van der Waals surface area contributed by atoms with Crippen molar-refractivity contribution in [2.75, 3.05) is 0 Å². The Hall–Kier alpha value is -12.5. The number of rotatable bonds is 11. The van der Waals surface area contributed by atoms with E-state index in [9.17, 15) is 0 Å². The van der Waals surface area contributed by atoms with E-state index in [2.05, 4.69) is 364 Å². The third-order valence-electron chi connectivity index (χ3n) is 20.4. The maximum Gasteiger partial charge on any atom is -0.000740 e. The van der Waals surface area contributed by atoms with Crippen molar-refractivity contribution in [1.29, 1.82) is 0 Å². The van der Waals surface area contributed by atoms with Crippen molar-refractivity contribution < 1.29 is 0 Å². The van der Waals surface area contributed by atoms with Gasteiger partial charge in [-0.1, -0.05) is 352 Å². The molecule has 0 saturated carbocycles. The molecule has 96 heavy (non-hydrogen) atoms. The third-order valence-corrected chi connectivity index (χ3v) is 20.4. The molecule has 444 valence electrons. The van der Waals surface area contributed by atoms with E-state index in [1.165, 1.54) is 199 Å². The molecule has 0 aromatic heterocycles. The topological polar surface area (TPSA) is 0 Å². The number of benzene rings is 17. The molecule has 19 rings (SSSR count). The summed E-state index contributed by atoms with van der Waals surface area (Å²) in [4.78, 5) is 0. The second kappa shape index (κ2) is 22.7. The lowest BCUT2D eigenvalue weighted by Gasteiger charge is -2.23. The molecule has 0 aliphatic heterocycles. The summed E-state index contributed by atoms with van der Waals surface area (Å²) in [5.41, 5.74) is 36.7. The van der Waals surface area contributed by atoms with Crippen LogP contribution in [0.1, 0.15) is 0 Å². The molecule has 0 spiro atoms. The molecule has 0 unspecified atom stereocenters. The fourth-order valence-electron chi connectivity index (χ4n) is 16.0. The van der Waals surface area contributed by atoms with Crippen molar-refractivity contribution in [1.82, 2.24) is 0 Å². The SMILES string of the molecule is c1ccc(-c2ccc(-c3ccc(-c4ccc(-c5ccccc5)cc4)c4c3-c3cccc5c(-c6ccc7c8c(cccc68)-c6c-7c(-c7ccc(-c8ccccc8)cc7)c7cc(-c8ccccc8)c(-c8ccccc8)cc7c6-c6ccc(-c7ccccc7)cc6)ccc-4c35)cc2)cc1. The molecule has 0 fully saturated rings. The maximum atomic E-state index is 2.52. The molecule has 2 aliphatic rings. The van der Waals surface area contributed by atoms with Gasteiger partial charge in [-0.3, -0.25) is 0 Å². The summed E-state index contributed by atoms with van der Waals surface area (Å²) in [6.07, 6.45) is 0. The fraction of sp³-hybridized carbons (Fsp3) is 0. The molecule has 0 heterocycles. The molecule has 0 atom stereocenters. The Morgan fingerprint density at radius 2 is 0.333 bits per heavy atom. The molecule has 17 aromatic rings. The summed E-state index contributed by atoms with van der Waals surface area (Å²) in [5, 5.41) is 7.51. The summed E-state index contributed by atoms with van der Waals surface area (Å²) < 4.78 is 0. The quantitative estimate of drug-likeness (QED) is 0.121. The zero-order chi connectivity index (χ0) is 63.2. The van der Waals surface area contributed by atoms with Gasteiger partial charge in [-0.05, 0) is 211 Å². The van der Waals surface area contributed by atoms with Gasteiger partial charge in [0.15, 0.2) is 0 Å². The number of hydrogen-bond acceptors (Lipinski definition) is 0. The standard InChI is InChI=1S/C96H60/c1-7-21-61(22-8-1)65-37-45-71(46-38-65)75-53-54-76(72-47-39-66(40-48-72)62-23-9-2-10-24-62)94-83-57-55-77(79-33-19-35-81(91(79)83)93(75)94)78-56-58-84-92-80(78)34-20-36-82(92)95-89(73-49-41-67(42-50-73)63-25-11-3-12-26-63)87-59-85(69-29-15-5-16-30-69)86(70-31-17-6-18-32-70)60-88(87)90(96(84)95)74-51-43-68(44-52-74)64-27-13-4-14-28-64/h1-60H. The van der Waals surface area contributed by atoms with Crippen molar-refractivity contribution in [3.8, 4) is 167 Å². The van der Waals surface area contributed by atoms with Crippen molar-refractivity contribution in [3.05, 3.63) is 364 Å². The third kappa shape index (κ3) is 8.99. The Labute approximate surface area is 559 Å². The first-order valence-corrected chi connectivity index (χ1v) is 33.4. The highest BCUT2D eigenvalue weighted by Gasteiger charge is 2.34. The van der Waals surface area contributed by atoms with Crippen LogP contribution < -0.4 is 0 Å². The average Bonchev–Trinajstić information content (AvgIpc) is 1.50. The summed E-state index contributed by atoms with van der Waals surface area (Å²) in [5.74, 6) is 0. The molecule has 2 aliphatic carbocycles. The van der Waals surface area contributed by atoms with E-state index >= 15 is 0 Å². The van der Waals surface area contributed by atoms with Crippen molar-refractivity contribution in [2.45, 2.75) is 0 Å². The van der Waals surface area contributed by atoms with E-state index in [0.717, 1.165) is 0 Å². The van der Waals surface area contributed by atoms with Crippen LogP contribution in [0.2, 0.25) is 0 Å². The molecular weight excluding hydrogens is 1150 g/mol. The van der Waals surface area contributed by atoms with Crippen LogP contribution in [0.5, 0.6) is 0 Å². The molecule has 0 saturated heterocycles. The van der Waals surface area contributed by atoms with E-state index in [-0.39, 0.29) is 0 Å². The molecule has 0 radical (unpaired) electrons. The van der Waals surface area contributed by atoms with E-state index in [4.69, 9.17) is 0 Å². The Morgan fingerprint density at radius 1 is 0.104 bits per heavy atom. The molecular formula is C96H60. The first kappa shape index (κ1) is 55.2. The Morgan fingerprint density at radius 3 is 0.667 bits per heavy atom. The van der Waals surface area contributed by atoms with Gasteiger partial charge in [-0.25, -0.2) is 0 Å². The predicted molar refractivity (Wildman–Crippen MR) is 408 cm³/mol. The smallest absolute Gasteiger partial charge is 0.000740 e. The van der Waals surface area contributed by atoms with Gasteiger partial charge >= 0.3 is 0 Å². The van der Waals surface area contributed by atoms with Crippen LogP contribution in [0.15, 0.2) is 364 Å². The summed E-state index contributed by atoms with van der Waals surface area (Å²) >= 11 is 0. The van der Waals surface area contributed by atoms with Crippen LogP contribution in [0.3, 0.4) is 0 Å². The first-order chi connectivity index (χ1) is 47.6. The molecule has 0 N–H and O–H groups in total. The summed E-state index contributed by atoms with van der Waals surface area (Å²) in [7, 11) is 0. The van der Waals surface area contributed by atoms with Gasteiger partial charge in [0, 0.05) is 0 Å². The van der Waals surface area contributed by atoms with Crippen molar-refractivity contribution in [3.63, 3.8) is 0 Å². The van der Waals surface area contributed by atoms with Gasteiger partial charge in [-0.2, -0.15) is 0 Å². The minimum Gasteiger partial charge on any atom is -0.0622 e. The predicted octanol–water partition coefficient (Wildman–Crippen LogP) is 26.8. The van der Waals surface area contributed by atoms with Crippen molar-refractivity contribution in [2.24, 2.45) is 0 Å². The van der Waals surface area contributed by atoms with Gasteiger partial charge < -0.3 is 0 Å². The van der Waals surface area contributed by atoms with Crippen LogP contribution in [0.25, 0.3) is 199 Å². The van der Waals surface area contributed by atoms with Crippen LogP contribution in [-0.2, 0) is 0 Å². The molecule has 17 aromatic carbocycles. The Kier molecular flexibility index (Phi) is 13.0. The molecule has 0 bridgehead atoms. The molecule has 0 amide bonds. The van der Waals surface area contributed by atoms with Gasteiger partial charge in [0.05, 0.1) is 0 Å². The Bertz CT molecular complexity index is 5580. The lowest BCUT2D eigenvalue weighted by Crippen LogP contribution is -1.96. The van der Waals surface area contributed by atoms with Gasteiger partial charge in [0.25, 0.3) is 0 Å². The first-order valence-electron chi connectivity index (χ1n) is 33.4. The minimum absolute atomic E-state index is 1.18. The highest BCUT2D eigenvalue weighted by atomic mass is 14.4. The van der Waals surface area contributed by atoms with Gasteiger partial charge in [0.1, 0.15) is 0 Å². The minimum atomic E-state index is 1.18. The van der Waals surface area contributed by atoms with Gasteiger partial charge in [-0.15, -0.1) is 0 Å². The van der Waals surface area contributed by atoms with E-state index in [0.29, 0.717) is 0 Å². The second-order valence-electron chi connectivity index (χ2n) is 25.6. The van der Waals surface area contributed by atoms with Crippen LogP contribution in [0.4, 0.5) is 0 Å². The van der Waals surface area contributed by atoms with Crippen LogP contribution >= 0.6 is 0 Å². The lowest BCUT2D eigenvalue weighted by atomic mass is 9.80. The van der Waals surface area contributed by atoms with E-state index in [1.54, 1.807) is 0 Å². The number of hydrogen-bond donors (Lipinski definition) is 0. The fourth-order valence-corrected chi connectivity index (χ4v) is 16.0. The summed E-state index contributed by atoms with van der Waals surface area (Å²) in [6, 6.07) is 136. The maximum absolute atomic E-state index is 2.52. The van der Waals surface area contributed by atoms with Gasteiger partial charge in [0.2, 0.25) is 0 Å². The monoisotopic (exact) mass is 1210 g/mol. The highest BCUT2D eigenvalue weighted by molar-refractivity contribution is 6.31. The Balaban J connectivity index is 0.850.